The molecule has 0 amide bonds. The fraction of sp³-hybridized carbons (Fsp3) is 0.211. The summed E-state index contributed by atoms with van der Waals surface area (Å²) in [6.45, 7) is 2.08. The van der Waals surface area contributed by atoms with Crippen molar-refractivity contribution in [1.82, 2.24) is 14.8 Å². The van der Waals surface area contributed by atoms with Crippen molar-refractivity contribution in [3.63, 3.8) is 0 Å². The smallest absolute Gasteiger partial charge is 0.316 e. The molecule has 7 nitrogen and oxygen atoms in total. The summed E-state index contributed by atoms with van der Waals surface area (Å²) in [5.41, 5.74) is 1.23. The number of methoxy groups -OCH3 is 1. The van der Waals surface area contributed by atoms with Gasteiger partial charge in [-0.15, -0.1) is 10.2 Å². The fourth-order valence-corrected chi connectivity index (χ4v) is 3.30. The molecular formula is C19H19N3O4S. The maximum atomic E-state index is 11.8. The zero-order valence-corrected chi connectivity index (χ0v) is 15.8. The van der Waals surface area contributed by atoms with Crippen molar-refractivity contribution in [2.24, 2.45) is 0 Å². The molecule has 0 saturated carbocycles. The van der Waals surface area contributed by atoms with E-state index >= 15 is 0 Å². The molecule has 0 fully saturated rings. The largest absolute Gasteiger partial charge is 0.507 e. The van der Waals surface area contributed by atoms with Crippen LogP contribution >= 0.6 is 11.8 Å². The number of phenols is 1. The number of carbonyl (C=O) groups is 1. The van der Waals surface area contributed by atoms with E-state index in [0.29, 0.717) is 34.6 Å². The molecule has 0 unspecified atom stereocenters. The van der Waals surface area contributed by atoms with Crippen molar-refractivity contribution in [2.45, 2.75) is 12.1 Å². The van der Waals surface area contributed by atoms with Crippen LogP contribution in [0.15, 0.2) is 53.7 Å². The van der Waals surface area contributed by atoms with Crippen LogP contribution in [0.4, 0.5) is 0 Å². The molecule has 1 aromatic heterocycles. The van der Waals surface area contributed by atoms with Gasteiger partial charge in [0.15, 0.2) is 11.0 Å². The van der Waals surface area contributed by atoms with Crippen LogP contribution in [0.2, 0.25) is 0 Å². The first-order chi connectivity index (χ1) is 13.2. The van der Waals surface area contributed by atoms with E-state index in [0.717, 1.165) is 0 Å². The van der Waals surface area contributed by atoms with Gasteiger partial charge >= 0.3 is 5.97 Å². The van der Waals surface area contributed by atoms with Gasteiger partial charge in [0, 0.05) is 0 Å². The Hall–Kier alpha value is -3.00. The molecule has 27 heavy (non-hydrogen) atoms. The quantitative estimate of drug-likeness (QED) is 0.493. The Morgan fingerprint density at radius 3 is 2.63 bits per heavy atom. The Balaban J connectivity index is 2.10. The van der Waals surface area contributed by atoms with Gasteiger partial charge < -0.3 is 14.6 Å². The molecule has 0 aliphatic rings. The van der Waals surface area contributed by atoms with Crippen LogP contribution in [-0.2, 0) is 9.53 Å². The molecule has 0 aliphatic heterocycles. The maximum absolute atomic E-state index is 11.8. The third-order valence-corrected chi connectivity index (χ3v) is 4.63. The van der Waals surface area contributed by atoms with Crippen LogP contribution in [0.1, 0.15) is 6.92 Å². The zero-order valence-electron chi connectivity index (χ0n) is 15.0. The number of aromatic hydroxyl groups is 1. The third kappa shape index (κ3) is 4.06. The van der Waals surface area contributed by atoms with Crippen LogP contribution in [0, 0.1) is 0 Å². The molecule has 0 radical (unpaired) electrons. The molecular weight excluding hydrogens is 366 g/mol. The Kier molecular flexibility index (Phi) is 5.97. The monoisotopic (exact) mass is 385 g/mol. The number of nitrogens with zero attached hydrogens (tertiary/aromatic N) is 3. The van der Waals surface area contributed by atoms with Crippen molar-refractivity contribution in [2.75, 3.05) is 19.5 Å². The van der Waals surface area contributed by atoms with E-state index in [1.807, 2.05) is 30.3 Å². The van der Waals surface area contributed by atoms with E-state index in [1.165, 1.54) is 11.8 Å². The minimum Gasteiger partial charge on any atom is -0.507 e. The molecule has 3 aromatic rings. The SMILES string of the molecule is CCOC(=O)CSc1nnc(-c2ccccc2O)n1-c1ccccc1OC. The van der Waals surface area contributed by atoms with E-state index in [-0.39, 0.29) is 17.5 Å². The van der Waals surface area contributed by atoms with Crippen LogP contribution in [0.3, 0.4) is 0 Å². The number of hydrogen-bond donors (Lipinski definition) is 1. The summed E-state index contributed by atoms with van der Waals surface area (Å²) in [7, 11) is 1.58. The van der Waals surface area contributed by atoms with Crippen LogP contribution in [0.5, 0.6) is 11.5 Å². The number of aromatic nitrogens is 3. The molecule has 0 atom stereocenters. The number of rotatable bonds is 7. The first-order valence-electron chi connectivity index (χ1n) is 8.31. The van der Waals surface area contributed by atoms with Crippen LogP contribution in [-0.4, -0.2) is 45.3 Å². The number of thioether (sulfide) groups is 1. The molecule has 8 heteroatoms. The number of para-hydroxylation sites is 3. The second kappa shape index (κ2) is 8.59. The lowest BCUT2D eigenvalue weighted by Crippen LogP contribution is -2.08. The van der Waals surface area contributed by atoms with Gasteiger partial charge in [0.1, 0.15) is 11.5 Å². The van der Waals surface area contributed by atoms with Gasteiger partial charge in [0.25, 0.3) is 0 Å². The highest BCUT2D eigenvalue weighted by Gasteiger charge is 2.21. The van der Waals surface area contributed by atoms with Crippen molar-refractivity contribution in [3.8, 4) is 28.6 Å². The standard InChI is InChI=1S/C19H19N3O4S/c1-3-26-17(24)12-27-19-21-20-18(13-8-4-6-10-15(13)23)22(19)14-9-5-7-11-16(14)25-2/h4-11,23H,3,12H2,1-2H3. The Morgan fingerprint density at radius 1 is 1.15 bits per heavy atom. The topological polar surface area (TPSA) is 86.5 Å². The third-order valence-electron chi connectivity index (χ3n) is 3.73. The molecule has 140 valence electrons. The van der Waals surface area contributed by atoms with Crippen LogP contribution < -0.4 is 4.74 Å². The highest BCUT2D eigenvalue weighted by Crippen LogP contribution is 2.35. The summed E-state index contributed by atoms with van der Waals surface area (Å²) >= 11 is 1.21. The van der Waals surface area contributed by atoms with Gasteiger partial charge in [-0.05, 0) is 31.2 Å². The summed E-state index contributed by atoms with van der Waals surface area (Å²) in [5.74, 6) is 0.919. The van der Waals surface area contributed by atoms with Crippen LogP contribution in [0.25, 0.3) is 17.1 Å². The van der Waals surface area contributed by atoms with E-state index in [1.54, 1.807) is 36.8 Å². The zero-order chi connectivity index (χ0) is 19.2. The summed E-state index contributed by atoms with van der Waals surface area (Å²) in [6, 6.07) is 14.3. The molecule has 1 heterocycles. The van der Waals surface area contributed by atoms with Crippen molar-refractivity contribution >= 4 is 17.7 Å². The summed E-state index contributed by atoms with van der Waals surface area (Å²) < 4.78 is 12.2. The van der Waals surface area contributed by atoms with Crippen molar-refractivity contribution in [3.05, 3.63) is 48.5 Å². The van der Waals surface area contributed by atoms with Gasteiger partial charge in [0.2, 0.25) is 0 Å². The lowest BCUT2D eigenvalue weighted by molar-refractivity contribution is -0.139. The Labute approximate surface area is 161 Å². The number of esters is 1. The van der Waals surface area contributed by atoms with Gasteiger partial charge in [-0.25, -0.2) is 0 Å². The number of carbonyl (C=O) groups excluding carboxylic acids is 1. The van der Waals surface area contributed by atoms with E-state index in [2.05, 4.69) is 10.2 Å². The van der Waals surface area contributed by atoms with Gasteiger partial charge in [-0.3, -0.25) is 9.36 Å². The van der Waals surface area contributed by atoms with Gasteiger partial charge in [0.05, 0.1) is 30.7 Å². The maximum Gasteiger partial charge on any atom is 0.316 e. The summed E-state index contributed by atoms with van der Waals surface area (Å²) in [5, 5.41) is 19.2. The lowest BCUT2D eigenvalue weighted by atomic mass is 10.2. The number of ether oxygens (including phenoxy) is 2. The molecule has 2 aromatic carbocycles. The van der Waals surface area contributed by atoms with Gasteiger partial charge in [-0.1, -0.05) is 36.0 Å². The number of benzene rings is 2. The molecule has 0 aliphatic carbocycles. The first-order valence-corrected chi connectivity index (χ1v) is 9.29. The second-order valence-electron chi connectivity index (χ2n) is 5.42. The number of hydrogen-bond acceptors (Lipinski definition) is 7. The van der Waals surface area contributed by atoms with E-state index in [9.17, 15) is 9.90 Å². The molecule has 0 bridgehead atoms. The predicted molar refractivity (Wildman–Crippen MR) is 102 cm³/mol. The Morgan fingerprint density at radius 2 is 1.89 bits per heavy atom. The molecule has 3 rings (SSSR count). The minimum absolute atomic E-state index is 0.0861. The highest BCUT2D eigenvalue weighted by molar-refractivity contribution is 7.99. The summed E-state index contributed by atoms with van der Waals surface area (Å²) in [6.07, 6.45) is 0. The van der Waals surface area contributed by atoms with Gasteiger partial charge in [-0.2, -0.15) is 0 Å². The predicted octanol–water partition coefficient (Wildman–Crippen LogP) is 3.30. The van der Waals surface area contributed by atoms with E-state index < -0.39 is 0 Å². The minimum atomic E-state index is -0.332. The summed E-state index contributed by atoms with van der Waals surface area (Å²) in [4.78, 5) is 11.8. The molecule has 0 saturated heterocycles. The molecule has 1 N–H and O–H groups in total. The van der Waals surface area contributed by atoms with E-state index in [4.69, 9.17) is 9.47 Å². The fourth-order valence-electron chi connectivity index (χ4n) is 2.56. The highest BCUT2D eigenvalue weighted by atomic mass is 32.2. The number of phenolic OH excluding ortho intramolecular Hbond substituents is 1. The lowest BCUT2D eigenvalue weighted by Gasteiger charge is -2.14. The average Bonchev–Trinajstić information content (AvgIpc) is 3.10. The van der Waals surface area contributed by atoms with Crippen molar-refractivity contribution < 1.29 is 19.4 Å². The average molecular weight is 385 g/mol. The van der Waals surface area contributed by atoms with Crippen molar-refractivity contribution in [1.29, 1.82) is 0 Å². The first kappa shape index (κ1) is 18.8. The second-order valence-corrected chi connectivity index (χ2v) is 6.37. The Bertz CT molecular complexity index is 942. The molecule has 0 spiro atoms. The normalized spacial score (nSPS) is 10.6.